The van der Waals surface area contributed by atoms with Gasteiger partial charge in [-0.2, -0.15) is 0 Å². The summed E-state index contributed by atoms with van der Waals surface area (Å²) in [5.74, 6) is 0.663. The molecule has 2 aromatic heterocycles. The molecule has 0 bridgehead atoms. The molecule has 1 aliphatic heterocycles. The topological polar surface area (TPSA) is 67.3 Å². The number of hydrogen-bond acceptors (Lipinski definition) is 7. The highest BCUT2D eigenvalue weighted by molar-refractivity contribution is 5.64. The Hall–Kier alpha value is -3.16. The lowest BCUT2D eigenvalue weighted by atomic mass is 10.0. The Kier molecular flexibility index (Phi) is 6.64. The van der Waals surface area contributed by atoms with E-state index in [1.165, 1.54) is 17.5 Å². The summed E-state index contributed by atoms with van der Waals surface area (Å²) in [6.45, 7) is 5.40. The first kappa shape index (κ1) is 21.1. The second-order valence-corrected chi connectivity index (χ2v) is 7.99. The van der Waals surface area contributed by atoms with Crippen LogP contribution in [0.5, 0.6) is 0 Å². The molecule has 4 rings (SSSR count). The first-order valence-corrected chi connectivity index (χ1v) is 10.5. The maximum absolute atomic E-state index is 6.18. The fourth-order valence-corrected chi connectivity index (χ4v) is 3.75. The molecule has 1 saturated heterocycles. The summed E-state index contributed by atoms with van der Waals surface area (Å²) in [4.78, 5) is 22.0. The number of aromatic nitrogens is 4. The molecular weight excluding hydrogens is 388 g/mol. The third kappa shape index (κ3) is 5.31. The molecule has 0 N–H and O–H groups in total. The van der Waals surface area contributed by atoms with Crippen molar-refractivity contribution in [3.05, 3.63) is 72.1 Å². The predicted octanol–water partition coefficient (Wildman–Crippen LogP) is 3.48. The van der Waals surface area contributed by atoms with Crippen LogP contribution in [0, 0.1) is 0 Å². The highest BCUT2D eigenvalue weighted by atomic mass is 16.5. The molecule has 1 aromatic carbocycles. The molecule has 0 spiro atoms. The number of rotatable bonds is 6. The lowest BCUT2D eigenvalue weighted by Crippen LogP contribution is -2.39. The van der Waals surface area contributed by atoms with Gasteiger partial charge in [-0.1, -0.05) is 42.0 Å². The number of benzene rings is 1. The van der Waals surface area contributed by atoms with Gasteiger partial charge in [-0.15, -0.1) is 0 Å². The van der Waals surface area contributed by atoms with Crippen LogP contribution < -0.4 is 4.90 Å². The minimum Gasteiger partial charge on any atom is -0.369 e. The maximum Gasteiger partial charge on any atom is 0.225 e. The van der Waals surface area contributed by atoms with E-state index in [9.17, 15) is 0 Å². The quantitative estimate of drug-likeness (QED) is 0.609. The van der Waals surface area contributed by atoms with Crippen LogP contribution >= 0.6 is 0 Å². The largest absolute Gasteiger partial charge is 0.369 e. The average Bonchev–Trinajstić information content (AvgIpc) is 2.80. The first-order valence-electron chi connectivity index (χ1n) is 10.5. The third-order valence-electron chi connectivity index (χ3n) is 5.22. The van der Waals surface area contributed by atoms with Gasteiger partial charge >= 0.3 is 0 Å². The van der Waals surface area contributed by atoms with Gasteiger partial charge in [0, 0.05) is 63.4 Å². The third-order valence-corrected chi connectivity index (χ3v) is 5.22. The number of ether oxygens (including phenoxy) is 1. The average molecular weight is 417 g/mol. The maximum atomic E-state index is 6.18. The predicted molar refractivity (Wildman–Crippen MR) is 123 cm³/mol. The van der Waals surface area contributed by atoms with Crippen LogP contribution in [0.2, 0.25) is 0 Å². The van der Waals surface area contributed by atoms with Crippen molar-refractivity contribution in [2.75, 3.05) is 45.2 Å². The highest BCUT2D eigenvalue weighted by Crippen LogP contribution is 2.31. The molecular formula is C24H28N6O. The Morgan fingerprint density at radius 2 is 1.94 bits per heavy atom. The van der Waals surface area contributed by atoms with E-state index in [2.05, 4.69) is 57.1 Å². The molecule has 0 saturated carbocycles. The summed E-state index contributed by atoms with van der Waals surface area (Å²) in [6, 6.07) is 10.4. The van der Waals surface area contributed by atoms with Crippen molar-refractivity contribution in [1.29, 1.82) is 0 Å². The molecule has 7 heteroatoms. The van der Waals surface area contributed by atoms with Gasteiger partial charge in [-0.25, -0.2) is 19.9 Å². The Morgan fingerprint density at radius 3 is 2.68 bits per heavy atom. The van der Waals surface area contributed by atoms with Crippen LogP contribution in [0.3, 0.4) is 0 Å². The summed E-state index contributed by atoms with van der Waals surface area (Å²) in [5.41, 5.74) is 5.23. The van der Waals surface area contributed by atoms with E-state index in [4.69, 9.17) is 9.72 Å². The monoisotopic (exact) mass is 416 g/mol. The summed E-state index contributed by atoms with van der Waals surface area (Å²) < 4.78 is 6.18. The van der Waals surface area contributed by atoms with Gasteiger partial charge < -0.3 is 9.64 Å². The van der Waals surface area contributed by atoms with Gasteiger partial charge in [0.05, 0.1) is 12.3 Å². The fourth-order valence-electron chi connectivity index (χ4n) is 3.75. The molecule has 7 nitrogen and oxygen atoms in total. The van der Waals surface area contributed by atoms with E-state index in [0.29, 0.717) is 12.6 Å². The van der Waals surface area contributed by atoms with Crippen LogP contribution in [0.15, 0.2) is 60.8 Å². The Labute approximate surface area is 183 Å². The molecule has 1 aliphatic rings. The minimum absolute atomic E-state index is 0.143. The highest BCUT2D eigenvalue weighted by Gasteiger charge is 2.27. The smallest absolute Gasteiger partial charge is 0.225 e. The first-order chi connectivity index (χ1) is 15.1. The standard InChI is InChI=1S/C24H28N6O/c1-18(11-19-7-5-4-6-8-19)15-30-9-10-31-22(16-30)23-21(20-12-25-17-26-13-20)14-27-24(28-23)29(2)3/h4-8,11-14,17,22H,9-10,15-16H2,1-3H3/b18-11+/t22-/m1/s1. The van der Waals surface area contributed by atoms with Crippen LogP contribution in [0.25, 0.3) is 17.2 Å². The van der Waals surface area contributed by atoms with Gasteiger partial charge in [-0.3, -0.25) is 4.90 Å². The summed E-state index contributed by atoms with van der Waals surface area (Å²) in [5, 5.41) is 0. The number of morpholine rings is 1. The van der Waals surface area contributed by atoms with E-state index < -0.39 is 0 Å². The van der Waals surface area contributed by atoms with E-state index in [-0.39, 0.29) is 6.10 Å². The lowest BCUT2D eigenvalue weighted by Gasteiger charge is -2.33. The second-order valence-electron chi connectivity index (χ2n) is 7.99. The van der Waals surface area contributed by atoms with Gasteiger partial charge in [-0.05, 0) is 12.5 Å². The normalized spacial score (nSPS) is 17.5. The van der Waals surface area contributed by atoms with Crippen LogP contribution in [0.4, 0.5) is 5.95 Å². The van der Waals surface area contributed by atoms with Gasteiger partial charge in [0.25, 0.3) is 0 Å². The summed E-state index contributed by atoms with van der Waals surface area (Å²) in [6.07, 6.45) is 9.05. The van der Waals surface area contributed by atoms with Gasteiger partial charge in [0.15, 0.2) is 0 Å². The van der Waals surface area contributed by atoms with E-state index in [0.717, 1.165) is 36.5 Å². The molecule has 0 aliphatic carbocycles. The number of hydrogen-bond donors (Lipinski definition) is 0. The van der Waals surface area contributed by atoms with E-state index in [1.54, 1.807) is 12.4 Å². The Balaban J connectivity index is 1.57. The molecule has 0 radical (unpaired) electrons. The molecule has 3 heterocycles. The van der Waals surface area contributed by atoms with Crippen molar-refractivity contribution in [2.24, 2.45) is 0 Å². The zero-order valence-corrected chi connectivity index (χ0v) is 18.3. The zero-order valence-electron chi connectivity index (χ0n) is 18.3. The van der Waals surface area contributed by atoms with E-state index in [1.807, 2.05) is 31.3 Å². The van der Waals surface area contributed by atoms with Crippen LogP contribution in [-0.4, -0.2) is 65.2 Å². The van der Waals surface area contributed by atoms with E-state index >= 15 is 0 Å². The lowest BCUT2D eigenvalue weighted by molar-refractivity contribution is -0.0285. The van der Waals surface area contributed by atoms with Crippen molar-refractivity contribution in [3.63, 3.8) is 0 Å². The van der Waals surface area contributed by atoms with Gasteiger partial charge in [0.1, 0.15) is 12.4 Å². The minimum atomic E-state index is -0.143. The van der Waals surface area contributed by atoms with Crippen molar-refractivity contribution >= 4 is 12.0 Å². The van der Waals surface area contributed by atoms with Crippen molar-refractivity contribution in [1.82, 2.24) is 24.8 Å². The van der Waals surface area contributed by atoms with Crippen molar-refractivity contribution < 1.29 is 4.74 Å². The SMILES string of the molecule is C/C(=C\c1ccccc1)CN1CCO[C@@H](c2nc(N(C)C)ncc2-c2cncnc2)C1. The van der Waals surface area contributed by atoms with Crippen molar-refractivity contribution in [3.8, 4) is 11.1 Å². The Morgan fingerprint density at radius 1 is 1.16 bits per heavy atom. The number of anilines is 1. The summed E-state index contributed by atoms with van der Waals surface area (Å²) >= 11 is 0. The molecule has 1 atom stereocenters. The molecule has 31 heavy (non-hydrogen) atoms. The van der Waals surface area contributed by atoms with Gasteiger partial charge in [0.2, 0.25) is 5.95 Å². The Bertz CT molecular complexity index is 1020. The molecule has 0 amide bonds. The molecule has 3 aromatic rings. The molecule has 1 fully saturated rings. The fraction of sp³-hybridized carbons (Fsp3) is 0.333. The molecule has 0 unspecified atom stereocenters. The van der Waals surface area contributed by atoms with Crippen LogP contribution in [0.1, 0.15) is 24.3 Å². The summed E-state index contributed by atoms with van der Waals surface area (Å²) in [7, 11) is 3.88. The molecule has 160 valence electrons. The number of nitrogens with zero attached hydrogens (tertiary/aromatic N) is 6. The second kappa shape index (κ2) is 9.76. The van der Waals surface area contributed by atoms with Crippen molar-refractivity contribution in [2.45, 2.75) is 13.0 Å². The zero-order chi connectivity index (χ0) is 21.6. The van der Waals surface area contributed by atoms with Crippen LogP contribution in [-0.2, 0) is 4.74 Å².